The molecule has 0 radical (unpaired) electrons. The van der Waals surface area contributed by atoms with Crippen LogP contribution in [0.4, 0.5) is 0 Å². The molecule has 0 bridgehead atoms. The summed E-state index contributed by atoms with van der Waals surface area (Å²) in [6.07, 6.45) is 1.01. The highest BCUT2D eigenvalue weighted by Crippen LogP contribution is 2.16. The number of halogens is 1. The molecular formula is C12H16BrNO2. The largest absolute Gasteiger partial charge is 0.460 e. The van der Waals surface area contributed by atoms with Crippen LogP contribution >= 0.6 is 15.9 Å². The maximum atomic E-state index is 11.3. The van der Waals surface area contributed by atoms with Gasteiger partial charge in [0, 0.05) is 10.0 Å². The van der Waals surface area contributed by atoms with Crippen molar-refractivity contribution in [3.05, 3.63) is 34.3 Å². The van der Waals surface area contributed by atoms with E-state index in [1.807, 2.05) is 24.3 Å². The summed E-state index contributed by atoms with van der Waals surface area (Å²) in [5.41, 5.74) is 0.978. The number of hydrogen-bond donors (Lipinski definition) is 1. The molecule has 0 aromatic heterocycles. The summed E-state index contributed by atoms with van der Waals surface area (Å²) in [6.45, 7) is 3.48. The molecule has 0 amide bonds. The Hall–Kier alpha value is -0.870. The molecule has 1 aromatic rings. The molecule has 0 aliphatic carbocycles. The van der Waals surface area contributed by atoms with Crippen LogP contribution in [-0.2, 0) is 16.1 Å². The van der Waals surface area contributed by atoms with Crippen molar-refractivity contribution >= 4 is 21.9 Å². The zero-order valence-electron chi connectivity index (χ0n) is 9.33. The van der Waals surface area contributed by atoms with Crippen LogP contribution in [0, 0.1) is 0 Å². The average molecular weight is 286 g/mol. The normalized spacial score (nSPS) is 10.1. The van der Waals surface area contributed by atoms with E-state index >= 15 is 0 Å². The van der Waals surface area contributed by atoms with Crippen LogP contribution in [0.1, 0.15) is 18.9 Å². The van der Waals surface area contributed by atoms with Crippen LogP contribution in [0.5, 0.6) is 0 Å². The van der Waals surface area contributed by atoms with E-state index < -0.39 is 0 Å². The first-order valence-corrected chi connectivity index (χ1v) is 6.13. The molecule has 0 saturated heterocycles. The highest BCUT2D eigenvalue weighted by molar-refractivity contribution is 9.10. The topological polar surface area (TPSA) is 38.3 Å². The Morgan fingerprint density at radius 3 is 2.88 bits per heavy atom. The lowest BCUT2D eigenvalue weighted by atomic mass is 10.2. The third-order valence-electron chi connectivity index (χ3n) is 2.04. The second-order valence-electron chi connectivity index (χ2n) is 3.43. The Balaban J connectivity index is 2.29. The van der Waals surface area contributed by atoms with Crippen molar-refractivity contribution in [2.24, 2.45) is 0 Å². The van der Waals surface area contributed by atoms with E-state index in [0.717, 1.165) is 23.0 Å². The maximum Gasteiger partial charge on any atom is 0.320 e. The summed E-state index contributed by atoms with van der Waals surface area (Å²) in [5, 5.41) is 3.00. The van der Waals surface area contributed by atoms with Crippen molar-refractivity contribution in [1.29, 1.82) is 0 Å². The van der Waals surface area contributed by atoms with Crippen LogP contribution in [0.15, 0.2) is 28.7 Å². The van der Waals surface area contributed by atoms with Crippen LogP contribution < -0.4 is 5.32 Å². The Morgan fingerprint density at radius 1 is 1.44 bits per heavy atom. The molecule has 0 fully saturated rings. The number of carbonyl (C=O) groups is 1. The van der Waals surface area contributed by atoms with Gasteiger partial charge in [-0.2, -0.15) is 0 Å². The minimum Gasteiger partial charge on any atom is -0.460 e. The highest BCUT2D eigenvalue weighted by Gasteiger charge is 2.04. The summed E-state index contributed by atoms with van der Waals surface area (Å²) in [5.74, 6) is -0.218. The highest BCUT2D eigenvalue weighted by atomic mass is 79.9. The zero-order valence-corrected chi connectivity index (χ0v) is 10.9. The molecule has 16 heavy (non-hydrogen) atoms. The van der Waals surface area contributed by atoms with E-state index in [0.29, 0.717) is 6.61 Å². The first kappa shape index (κ1) is 13.2. The van der Waals surface area contributed by atoms with Crippen molar-refractivity contribution in [1.82, 2.24) is 5.32 Å². The molecule has 0 spiro atoms. The molecule has 88 valence electrons. The predicted molar refractivity (Wildman–Crippen MR) is 67.1 cm³/mol. The fraction of sp³-hybridized carbons (Fsp3) is 0.417. The third kappa shape index (κ3) is 4.77. The molecule has 0 aliphatic heterocycles. The lowest BCUT2D eigenvalue weighted by Crippen LogP contribution is -2.25. The molecule has 0 aliphatic rings. The van der Waals surface area contributed by atoms with Gasteiger partial charge in [-0.1, -0.05) is 41.1 Å². The van der Waals surface area contributed by atoms with E-state index in [1.165, 1.54) is 0 Å². The Kier molecular flexibility index (Phi) is 6.11. The number of carbonyl (C=O) groups excluding carboxylic acids is 1. The number of rotatable bonds is 6. The van der Waals surface area contributed by atoms with E-state index in [2.05, 4.69) is 28.2 Å². The van der Waals surface area contributed by atoms with E-state index in [1.54, 1.807) is 0 Å². The van der Waals surface area contributed by atoms with Crippen LogP contribution in [0.25, 0.3) is 0 Å². The Labute approximate surface area is 104 Å². The first-order valence-electron chi connectivity index (χ1n) is 5.33. The third-order valence-corrected chi connectivity index (χ3v) is 2.82. The monoisotopic (exact) mass is 285 g/mol. The molecule has 0 atom stereocenters. The van der Waals surface area contributed by atoms with E-state index in [9.17, 15) is 4.79 Å². The fourth-order valence-corrected chi connectivity index (χ4v) is 1.59. The Morgan fingerprint density at radius 2 is 2.19 bits per heavy atom. The van der Waals surface area contributed by atoms with Gasteiger partial charge in [0.15, 0.2) is 0 Å². The summed E-state index contributed by atoms with van der Waals surface area (Å²) in [4.78, 5) is 11.3. The molecule has 1 rings (SSSR count). The van der Waals surface area contributed by atoms with Crippen LogP contribution in [0.2, 0.25) is 0 Å². The number of esters is 1. The number of hydrogen-bond acceptors (Lipinski definition) is 3. The molecular weight excluding hydrogens is 270 g/mol. The van der Waals surface area contributed by atoms with E-state index in [-0.39, 0.29) is 12.5 Å². The molecule has 1 aromatic carbocycles. The lowest BCUT2D eigenvalue weighted by Gasteiger charge is -2.07. The van der Waals surface area contributed by atoms with Crippen molar-refractivity contribution < 1.29 is 9.53 Å². The van der Waals surface area contributed by atoms with Crippen molar-refractivity contribution in [2.75, 3.05) is 13.1 Å². The summed E-state index contributed by atoms with van der Waals surface area (Å²) in [6, 6.07) is 7.71. The smallest absolute Gasteiger partial charge is 0.320 e. The van der Waals surface area contributed by atoms with Gasteiger partial charge in [0.2, 0.25) is 0 Å². The predicted octanol–water partition coefficient (Wildman–Crippen LogP) is 2.49. The van der Waals surface area contributed by atoms with Crippen LogP contribution in [-0.4, -0.2) is 19.1 Å². The van der Waals surface area contributed by atoms with Gasteiger partial charge < -0.3 is 10.1 Å². The minimum absolute atomic E-state index is 0.218. The molecule has 0 heterocycles. The lowest BCUT2D eigenvalue weighted by molar-refractivity contribution is -0.143. The van der Waals surface area contributed by atoms with Crippen molar-refractivity contribution in [3.63, 3.8) is 0 Å². The van der Waals surface area contributed by atoms with Gasteiger partial charge in [-0.25, -0.2) is 0 Å². The molecule has 0 unspecified atom stereocenters. The molecule has 4 heteroatoms. The van der Waals surface area contributed by atoms with Gasteiger partial charge in [0.05, 0.1) is 6.54 Å². The van der Waals surface area contributed by atoms with E-state index in [4.69, 9.17) is 4.74 Å². The zero-order chi connectivity index (χ0) is 11.8. The van der Waals surface area contributed by atoms with Gasteiger partial charge in [-0.15, -0.1) is 0 Å². The summed E-state index contributed by atoms with van der Waals surface area (Å²) in [7, 11) is 0. The quantitative estimate of drug-likeness (QED) is 0.645. The van der Waals surface area contributed by atoms with Gasteiger partial charge in [-0.05, 0) is 19.0 Å². The minimum atomic E-state index is -0.218. The summed E-state index contributed by atoms with van der Waals surface area (Å²) < 4.78 is 6.09. The Bertz CT molecular complexity index is 342. The molecule has 3 nitrogen and oxygen atoms in total. The molecule has 1 N–H and O–H groups in total. The SMILES string of the molecule is CCCNCC(=O)OCc1ccccc1Br. The van der Waals surface area contributed by atoms with Gasteiger partial charge in [0.1, 0.15) is 6.61 Å². The number of nitrogens with one attached hydrogen (secondary N) is 1. The maximum absolute atomic E-state index is 11.3. The fourth-order valence-electron chi connectivity index (χ4n) is 1.19. The molecule has 0 saturated carbocycles. The second kappa shape index (κ2) is 7.41. The van der Waals surface area contributed by atoms with Gasteiger partial charge in [-0.3, -0.25) is 4.79 Å². The van der Waals surface area contributed by atoms with Gasteiger partial charge >= 0.3 is 5.97 Å². The van der Waals surface area contributed by atoms with Gasteiger partial charge in [0.25, 0.3) is 0 Å². The number of benzene rings is 1. The van der Waals surface area contributed by atoms with Crippen molar-refractivity contribution in [3.8, 4) is 0 Å². The second-order valence-corrected chi connectivity index (χ2v) is 4.28. The van der Waals surface area contributed by atoms with Crippen LogP contribution in [0.3, 0.4) is 0 Å². The summed E-state index contributed by atoms with van der Waals surface area (Å²) >= 11 is 3.40. The number of ether oxygens (including phenoxy) is 1. The first-order chi connectivity index (χ1) is 7.74. The average Bonchev–Trinajstić information content (AvgIpc) is 2.28. The standard InChI is InChI=1S/C12H16BrNO2/c1-2-7-14-8-12(15)16-9-10-5-3-4-6-11(10)13/h3-6,14H,2,7-9H2,1H3. The van der Waals surface area contributed by atoms with Crippen molar-refractivity contribution in [2.45, 2.75) is 20.0 Å².